The van der Waals surface area contributed by atoms with Crippen molar-refractivity contribution in [3.8, 4) is 34.8 Å². The maximum atomic E-state index is 11.4. The number of nitriles is 1. The number of nitrogens with two attached hydrogens (primary N) is 1. The third-order valence-electron chi connectivity index (χ3n) is 4.88. The molecule has 2 aliphatic rings. The summed E-state index contributed by atoms with van der Waals surface area (Å²) in [6, 6.07) is 8.97. The molecule has 0 bridgehead atoms. The summed E-state index contributed by atoms with van der Waals surface area (Å²) in [6.45, 7) is -0.181. The third kappa shape index (κ3) is 3.68. The molecular weight excluding hydrogens is 472 g/mol. The van der Waals surface area contributed by atoms with Gasteiger partial charge >= 0.3 is 5.97 Å². The third-order valence-corrected chi connectivity index (χ3v) is 5.56. The van der Waals surface area contributed by atoms with Crippen LogP contribution in [0.4, 0.5) is 0 Å². The van der Waals surface area contributed by atoms with Crippen molar-refractivity contribution in [3.63, 3.8) is 0 Å². The van der Waals surface area contributed by atoms with Crippen molar-refractivity contribution in [2.45, 2.75) is 5.92 Å². The van der Waals surface area contributed by atoms with E-state index in [-0.39, 0.29) is 24.9 Å². The number of fused-ring (bicyclic) bond motifs is 2. The lowest BCUT2D eigenvalue weighted by Gasteiger charge is -2.28. The van der Waals surface area contributed by atoms with Crippen LogP contribution in [0, 0.1) is 11.3 Å². The van der Waals surface area contributed by atoms with E-state index in [0.29, 0.717) is 44.3 Å². The number of ether oxygens (including phenoxy) is 6. The number of hydrogen-bond donors (Lipinski definition) is 1. The van der Waals surface area contributed by atoms with E-state index in [4.69, 9.17) is 29.4 Å². The average Bonchev–Trinajstić information content (AvgIpc) is 3.22. The van der Waals surface area contributed by atoms with Gasteiger partial charge in [-0.1, -0.05) is 15.9 Å². The topological polar surface area (TPSA) is 122 Å². The molecule has 160 valence electrons. The first kappa shape index (κ1) is 20.7. The lowest BCUT2D eigenvalue weighted by molar-refractivity contribution is -0.142. The SMILES string of the molecule is COC(=O)COc1cc(Br)c([C@H]2C(C#N)=C(N)Oc3cc4c(cc32)OCO4)cc1OC. The molecule has 0 spiro atoms. The predicted molar refractivity (Wildman–Crippen MR) is 110 cm³/mol. The number of hydrogen-bond acceptors (Lipinski definition) is 9. The van der Waals surface area contributed by atoms with Crippen LogP contribution in [-0.2, 0) is 9.53 Å². The molecule has 2 heterocycles. The molecule has 0 aromatic heterocycles. The number of carbonyl (C=O) groups excluding carboxylic acids is 1. The molecule has 2 aromatic rings. The van der Waals surface area contributed by atoms with E-state index in [1.165, 1.54) is 14.2 Å². The zero-order chi connectivity index (χ0) is 22.1. The van der Waals surface area contributed by atoms with Gasteiger partial charge in [0.05, 0.1) is 20.1 Å². The van der Waals surface area contributed by atoms with E-state index in [0.717, 1.165) is 0 Å². The molecule has 0 saturated carbocycles. The van der Waals surface area contributed by atoms with Crippen LogP contribution in [0.3, 0.4) is 0 Å². The molecule has 1 atom stereocenters. The zero-order valence-electron chi connectivity index (χ0n) is 16.6. The van der Waals surface area contributed by atoms with Gasteiger partial charge in [0.25, 0.3) is 0 Å². The second-order valence-electron chi connectivity index (χ2n) is 6.56. The fourth-order valence-electron chi connectivity index (χ4n) is 3.41. The van der Waals surface area contributed by atoms with Crippen molar-refractivity contribution < 1.29 is 33.2 Å². The Bertz CT molecular complexity index is 1140. The summed E-state index contributed by atoms with van der Waals surface area (Å²) < 4.78 is 32.8. The molecule has 10 heteroatoms. The molecule has 0 aliphatic carbocycles. The number of carbonyl (C=O) groups is 1. The van der Waals surface area contributed by atoms with Crippen molar-refractivity contribution in [1.82, 2.24) is 0 Å². The monoisotopic (exact) mass is 488 g/mol. The van der Waals surface area contributed by atoms with Crippen LogP contribution in [-0.4, -0.2) is 33.6 Å². The first-order chi connectivity index (χ1) is 15.0. The maximum Gasteiger partial charge on any atom is 0.343 e. The average molecular weight is 489 g/mol. The van der Waals surface area contributed by atoms with Gasteiger partial charge in [0.2, 0.25) is 12.7 Å². The normalized spacial score (nSPS) is 16.1. The standard InChI is InChI=1S/C21H17BrN2O7/c1-26-15-3-10(13(22)5-17(15)28-8-19(25)27-2)20-11-4-16-18(30-9-29-16)6-14(11)31-21(24)12(20)7-23/h3-6,20H,8-9,24H2,1-2H3/t20-/m1/s1. The highest BCUT2D eigenvalue weighted by molar-refractivity contribution is 9.10. The minimum Gasteiger partial charge on any atom is -0.493 e. The number of methoxy groups -OCH3 is 2. The molecule has 2 N–H and O–H groups in total. The highest BCUT2D eigenvalue weighted by Gasteiger charge is 2.35. The summed E-state index contributed by atoms with van der Waals surface area (Å²) in [4.78, 5) is 11.4. The smallest absolute Gasteiger partial charge is 0.343 e. The molecule has 2 aliphatic heterocycles. The lowest BCUT2D eigenvalue weighted by Crippen LogP contribution is -2.21. The van der Waals surface area contributed by atoms with E-state index >= 15 is 0 Å². The minimum atomic E-state index is -0.568. The highest BCUT2D eigenvalue weighted by Crippen LogP contribution is 2.50. The van der Waals surface area contributed by atoms with Crippen LogP contribution in [0.25, 0.3) is 0 Å². The van der Waals surface area contributed by atoms with Gasteiger partial charge in [0.1, 0.15) is 17.4 Å². The Morgan fingerprint density at radius 2 is 1.90 bits per heavy atom. The van der Waals surface area contributed by atoms with Gasteiger partial charge in [0.15, 0.2) is 29.6 Å². The number of rotatable bonds is 5. The molecule has 31 heavy (non-hydrogen) atoms. The Morgan fingerprint density at radius 3 is 2.58 bits per heavy atom. The summed E-state index contributed by atoms with van der Waals surface area (Å²) in [5.41, 5.74) is 7.66. The lowest BCUT2D eigenvalue weighted by atomic mass is 9.83. The predicted octanol–water partition coefficient (Wildman–Crippen LogP) is 2.96. The second kappa shape index (κ2) is 8.28. The molecule has 0 unspecified atom stereocenters. The number of allylic oxidation sites excluding steroid dienone is 1. The van der Waals surface area contributed by atoms with Crippen LogP contribution in [0.5, 0.6) is 28.7 Å². The maximum absolute atomic E-state index is 11.4. The van der Waals surface area contributed by atoms with Crippen LogP contribution in [0.2, 0.25) is 0 Å². The second-order valence-corrected chi connectivity index (χ2v) is 7.41. The summed E-state index contributed by atoms with van der Waals surface area (Å²) in [7, 11) is 2.75. The van der Waals surface area contributed by atoms with E-state index in [2.05, 4.69) is 26.7 Å². The van der Waals surface area contributed by atoms with Crippen molar-refractivity contribution >= 4 is 21.9 Å². The van der Waals surface area contributed by atoms with Gasteiger partial charge in [0, 0.05) is 16.1 Å². The fraction of sp³-hybridized carbons (Fsp3) is 0.238. The van der Waals surface area contributed by atoms with Crippen LogP contribution >= 0.6 is 15.9 Å². The number of esters is 1. The van der Waals surface area contributed by atoms with Crippen molar-refractivity contribution in [2.75, 3.05) is 27.6 Å². The fourth-order valence-corrected chi connectivity index (χ4v) is 3.96. The van der Waals surface area contributed by atoms with Gasteiger partial charge in [-0.05, 0) is 23.8 Å². The minimum absolute atomic E-state index is 0.00394. The molecule has 0 fully saturated rings. The number of nitrogens with zero attached hydrogens (tertiary/aromatic N) is 1. The molecule has 0 radical (unpaired) electrons. The van der Waals surface area contributed by atoms with Crippen molar-refractivity contribution in [1.29, 1.82) is 5.26 Å². The molecule has 0 saturated heterocycles. The quantitative estimate of drug-likeness (QED) is 0.632. The van der Waals surface area contributed by atoms with Gasteiger partial charge in [-0.3, -0.25) is 0 Å². The first-order valence-corrected chi connectivity index (χ1v) is 9.84. The molecular formula is C21H17BrN2O7. The summed E-state index contributed by atoms with van der Waals surface area (Å²) >= 11 is 3.54. The Morgan fingerprint density at radius 1 is 1.16 bits per heavy atom. The first-order valence-electron chi connectivity index (χ1n) is 9.05. The van der Waals surface area contributed by atoms with E-state index in [1.807, 2.05) is 0 Å². The van der Waals surface area contributed by atoms with Crippen LogP contribution < -0.4 is 29.4 Å². The van der Waals surface area contributed by atoms with Gasteiger partial charge in [-0.15, -0.1) is 0 Å². The Balaban J connectivity index is 1.83. The van der Waals surface area contributed by atoms with Gasteiger partial charge in [-0.2, -0.15) is 5.26 Å². The summed E-state index contributed by atoms with van der Waals surface area (Å²) in [5.74, 6) is 1.14. The molecule has 2 aromatic carbocycles. The van der Waals surface area contributed by atoms with Crippen LogP contribution in [0.1, 0.15) is 17.0 Å². The number of benzene rings is 2. The van der Waals surface area contributed by atoms with E-state index < -0.39 is 11.9 Å². The highest BCUT2D eigenvalue weighted by atomic mass is 79.9. The largest absolute Gasteiger partial charge is 0.493 e. The molecule has 4 rings (SSSR count). The Hall–Kier alpha value is -3.58. The Labute approximate surface area is 186 Å². The van der Waals surface area contributed by atoms with Crippen molar-refractivity contribution in [3.05, 3.63) is 51.3 Å². The van der Waals surface area contributed by atoms with Crippen molar-refractivity contribution in [2.24, 2.45) is 5.73 Å². The molecule has 0 amide bonds. The Kier molecular flexibility index (Phi) is 5.52. The van der Waals surface area contributed by atoms with E-state index in [9.17, 15) is 10.1 Å². The summed E-state index contributed by atoms with van der Waals surface area (Å²) in [6.07, 6.45) is 0. The van der Waals surface area contributed by atoms with Gasteiger partial charge in [-0.25, -0.2) is 4.79 Å². The van der Waals surface area contributed by atoms with Crippen LogP contribution in [0.15, 0.2) is 40.2 Å². The molecule has 9 nitrogen and oxygen atoms in total. The summed E-state index contributed by atoms with van der Waals surface area (Å²) in [5, 5.41) is 9.81. The number of halogens is 1. The van der Waals surface area contributed by atoms with Gasteiger partial charge < -0.3 is 34.2 Å². The van der Waals surface area contributed by atoms with E-state index in [1.54, 1.807) is 24.3 Å². The zero-order valence-corrected chi connectivity index (χ0v) is 18.1.